The molecule has 2 aromatic rings. The Kier molecular flexibility index (Phi) is 2.40. The quantitative estimate of drug-likeness (QED) is 0.794. The van der Waals surface area contributed by atoms with Gasteiger partial charge in [0.2, 0.25) is 0 Å². The van der Waals surface area contributed by atoms with E-state index >= 15 is 0 Å². The van der Waals surface area contributed by atoms with Crippen LogP contribution in [0.15, 0.2) is 30.6 Å². The first-order chi connectivity index (χ1) is 9.33. The van der Waals surface area contributed by atoms with Crippen LogP contribution in [-0.4, -0.2) is 18.1 Å². The number of anilines is 2. The van der Waals surface area contributed by atoms with E-state index in [9.17, 15) is 0 Å². The Bertz CT molecular complexity index is 610. The Morgan fingerprint density at radius 2 is 1.89 bits per heavy atom. The SMILES string of the molecule is Nc1c(N2CC3CCCC3C2)ccc2cnccc12. The molecule has 19 heavy (non-hydrogen) atoms. The van der Waals surface area contributed by atoms with Crippen LogP contribution < -0.4 is 10.6 Å². The van der Waals surface area contributed by atoms with Crippen LogP contribution >= 0.6 is 0 Å². The van der Waals surface area contributed by atoms with Crippen LogP contribution in [-0.2, 0) is 0 Å². The van der Waals surface area contributed by atoms with Gasteiger partial charge in [-0.15, -0.1) is 0 Å². The fourth-order valence-electron chi connectivity index (χ4n) is 3.89. The van der Waals surface area contributed by atoms with Crippen molar-refractivity contribution in [3.8, 4) is 0 Å². The first-order valence-electron chi connectivity index (χ1n) is 7.20. The molecule has 0 spiro atoms. The zero-order valence-electron chi connectivity index (χ0n) is 11.0. The minimum absolute atomic E-state index is 0.896. The van der Waals surface area contributed by atoms with E-state index in [4.69, 9.17) is 5.73 Å². The average Bonchev–Trinajstić information content (AvgIpc) is 3.00. The number of fused-ring (bicyclic) bond motifs is 2. The number of hydrogen-bond donors (Lipinski definition) is 1. The minimum Gasteiger partial charge on any atom is -0.397 e. The zero-order valence-corrected chi connectivity index (χ0v) is 11.0. The second-order valence-electron chi connectivity index (χ2n) is 5.95. The number of benzene rings is 1. The summed E-state index contributed by atoms with van der Waals surface area (Å²) in [6.07, 6.45) is 7.93. The molecule has 2 aliphatic rings. The van der Waals surface area contributed by atoms with Crippen molar-refractivity contribution in [3.63, 3.8) is 0 Å². The highest BCUT2D eigenvalue weighted by Gasteiger charge is 2.36. The van der Waals surface area contributed by atoms with Crippen LogP contribution in [0.25, 0.3) is 10.8 Å². The van der Waals surface area contributed by atoms with Gasteiger partial charge in [-0.1, -0.05) is 12.5 Å². The molecule has 2 fully saturated rings. The molecule has 1 aromatic carbocycles. The van der Waals surface area contributed by atoms with Crippen LogP contribution in [0.3, 0.4) is 0 Å². The van der Waals surface area contributed by atoms with E-state index < -0.39 is 0 Å². The highest BCUT2D eigenvalue weighted by atomic mass is 15.2. The molecule has 1 saturated carbocycles. The van der Waals surface area contributed by atoms with Crippen molar-refractivity contribution in [2.45, 2.75) is 19.3 Å². The zero-order chi connectivity index (χ0) is 12.8. The number of nitrogens with two attached hydrogens (primary N) is 1. The Labute approximate surface area is 113 Å². The van der Waals surface area contributed by atoms with Crippen LogP contribution in [0.1, 0.15) is 19.3 Å². The van der Waals surface area contributed by atoms with Gasteiger partial charge in [0.25, 0.3) is 0 Å². The smallest absolute Gasteiger partial charge is 0.0632 e. The summed E-state index contributed by atoms with van der Waals surface area (Å²) >= 11 is 0. The third-order valence-corrected chi connectivity index (χ3v) is 4.91. The fourth-order valence-corrected chi connectivity index (χ4v) is 3.89. The molecular weight excluding hydrogens is 234 g/mol. The fraction of sp³-hybridized carbons (Fsp3) is 0.438. The summed E-state index contributed by atoms with van der Waals surface area (Å²) in [5.41, 5.74) is 8.51. The lowest BCUT2D eigenvalue weighted by atomic mass is 10.0. The van der Waals surface area contributed by atoms with Gasteiger partial charge < -0.3 is 10.6 Å². The van der Waals surface area contributed by atoms with Crippen LogP contribution in [0.2, 0.25) is 0 Å². The van der Waals surface area contributed by atoms with E-state index in [2.05, 4.69) is 22.0 Å². The van der Waals surface area contributed by atoms with E-state index in [1.54, 1.807) is 0 Å². The number of nitrogens with zero attached hydrogens (tertiary/aromatic N) is 2. The summed E-state index contributed by atoms with van der Waals surface area (Å²) in [5, 5.41) is 2.26. The molecule has 1 saturated heterocycles. The molecule has 0 amide bonds. The number of hydrogen-bond acceptors (Lipinski definition) is 3. The highest BCUT2D eigenvalue weighted by molar-refractivity contribution is 5.98. The summed E-state index contributed by atoms with van der Waals surface area (Å²) in [5.74, 6) is 1.79. The van der Waals surface area contributed by atoms with E-state index in [0.717, 1.165) is 28.3 Å². The molecule has 1 aliphatic carbocycles. The van der Waals surface area contributed by atoms with Crippen LogP contribution in [0, 0.1) is 11.8 Å². The maximum Gasteiger partial charge on any atom is 0.0632 e. The molecule has 1 aliphatic heterocycles. The Hall–Kier alpha value is -1.77. The third kappa shape index (κ3) is 1.68. The number of pyridine rings is 1. The first-order valence-corrected chi connectivity index (χ1v) is 7.20. The lowest BCUT2D eigenvalue weighted by molar-refractivity contribution is 0.494. The van der Waals surface area contributed by atoms with Gasteiger partial charge in [0, 0.05) is 36.3 Å². The number of rotatable bonds is 1. The number of nitrogen functional groups attached to an aromatic ring is 1. The largest absolute Gasteiger partial charge is 0.397 e. The molecule has 1 aromatic heterocycles. The van der Waals surface area contributed by atoms with Crippen molar-refractivity contribution in [1.29, 1.82) is 0 Å². The molecule has 4 rings (SSSR count). The van der Waals surface area contributed by atoms with E-state index in [-0.39, 0.29) is 0 Å². The van der Waals surface area contributed by atoms with Crippen molar-refractivity contribution >= 4 is 22.1 Å². The van der Waals surface area contributed by atoms with Gasteiger partial charge in [-0.25, -0.2) is 0 Å². The van der Waals surface area contributed by atoms with Crippen molar-refractivity contribution < 1.29 is 0 Å². The van der Waals surface area contributed by atoms with E-state index in [1.165, 1.54) is 38.0 Å². The summed E-state index contributed by atoms with van der Waals surface area (Å²) in [6, 6.07) is 6.33. The van der Waals surface area contributed by atoms with E-state index in [0.29, 0.717) is 0 Å². The summed E-state index contributed by atoms with van der Waals surface area (Å²) < 4.78 is 0. The maximum atomic E-state index is 6.38. The van der Waals surface area contributed by atoms with Crippen molar-refractivity contribution in [3.05, 3.63) is 30.6 Å². The Balaban J connectivity index is 1.74. The molecule has 98 valence electrons. The molecule has 0 bridgehead atoms. The summed E-state index contributed by atoms with van der Waals surface area (Å²) in [7, 11) is 0. The molecule has 2 N–H and O–H groups in total. The third-order valence-electron chi connectivity index (χ3n) is 4.91. The van der Waals surface area contributed by atoms with E-state index in [1.807, 2.05) is 18.5 Å². The Morgan fingerprint density at radius 1 is 1.11 bits per heavy atom. The van der Waals surface area contributed by atoms with Gasteiger partial charge >= 0.3 is 0 Å². The standard InChI is InChI=1S/C16H19N3/c17-16-14-6-7-18-8-11(14)4-5-15(16)19-9-12-2-1-3-13(12)10-19/h4-8,12-13H,1-3,9-10,17H2. The van der Waals surface area contributed by atoms with Crippen molar-refractivity contribution in [1.82, 2.24) is 4.98 Å². The predicted molar refractivity (Wildman–Crippen MR) is 79.2 cm³/mol. The van der Waals surface area contributed by atoms with Crippen LogP contribution in [0.5, 0.6) is 0 Å². The summed E-state index contributed by atoms with van der Waals surface area (Å²) in [6.45, 7) is 2.37. The maximum absolute atomic E-state index is 6.38. The molecule has 3 nitrogen and oxygen atoms in total. The van der Waals surface area contributed by atoms with Gasteiger partial charge in [0.15, 0.2) is 0 Å². The van der Waals surface area contributed by atoms with Gasteiger partial charge in [0.05, 0.1) is 11.4 Å². The van der Waals surface area contributed by atoms with Crippen molar-refractivity contribution in [2.75, 3.05) is 23.7 Å². The second kappa shape index (κ2) is 4.12. The average molecular weight is 253 g/mol. The Morgan fingerprint density at radius 3 is 2.68 bits per heavy atom. The van der Waals surface area contributed by atoms with Crippen LogP contribution in [0.4, 0.5) is 11.4 Å². The molecule has 2 atom stereocenters. The van der Waals surface area contributed by atoms with Gasteiger partial charge in [-0.2, -0.15) is 0 Å². The summed E-state index contributed by atoms with van der Waals surface area (Å²) in [4.78, 5) is 6.65. The molecular formula is C16H19N3. The van der Waals surface area contributed by atoms with Gasteiger partial charge in [-0.05, 0) is 36.8 Å². The highest BCUT2D eigenvalue weighted by Crippen LogP contribution is 2.42. The predicted octanol–water partition coefficient (Wildman–Crippen LogP) is 3.05. The van der Waals surface area contributed by atoms with Gasteiger partial charge in [-0.3, -0.25) is 4.98 Å². The normalized spacial score (nSPS) is 26.0. The van der Waals surface area contributed by atoms with Crippen molar-refractivity contribution in [2.24, 2.45) is 11.8 Å². The lowest BCUT2D eigenvalue weighted by Crippen LogP contribution is -2.21. The monoisotopic (exact) mass is 253 g/mol. The van der Waals surface area contributed by atoms with Gasteiger partial charge in [0.1, 0.15) is 0 Å². The molecule has 0 radical (unpaired) electrons. The molecule has 2 unspecified atom stereocenters. The first kappa shape index (κ1) is 11.1. The lowest BCUT2D eigenvalue weighted by Gasteiger charge is -2.22. The number of aromatic nitrogens is 1. The molecule has 2 heterocycles. The molecule has 3 heteroatoms. The second-order valence-corrected chi connectivity index (χ2v) is 5.95. The minimum atomic E-state index is 0.896. The topological polar surface area (TPSA) is 42.1 Å².